The molecular weight excluding hydrogens is 913 g/mol. The molecule has 8 aromatic carbocycles. The van der Waals surface area contributed by atoms with E-state index in [9.17, 15) is 0 Å². The fourth-order valence-electron chi connectivity index (χ4n) is 10.2. The summed E-state index contributed by atoms with van der Waals surface area (Å²) in [6, 6.07) is 70.4. The molecule has 0 bridgehead atoms. The summed E-state index contributed by atoms with van der Waals surface area (Å²) in [5, 5.41) is 0. The standard InChI is InChI=1S/C27H24.C26H20.C18H24.2C2H6.CH4/c1-19-9-4-6-13-25(19)24-12-8-11-22(18-24)23-15-16-27(21(3)17-23)26-14-7-5-10-20(26)2;1-19-16-17-25-23(18-19)22-14-8-9-15-24(22)26(25,20-10-4-2-5-11-20)21-12-6-3-7-13-21;1-5-6-7-9-15(2)12-13-17(4)18-11-8-10-16(3)14-18;2*1-2;/h4-18H,1-3H3;2-18H,1H3;5-9,11-14,16H,10H2,1-4H3;2*1-2H3;1H4/b;;6-5-,9-7-,15-12+,17-13+;;;. The minimum absolute atomic E-state index is 0. The Morgan fingerprint density at radius 2 is 1.01 bits per heavy atom. The highest BCUT2D eigenvalue weighted by Crippen LogP contribution is 2.56. The van der Waals surface area contributed by atoms with Crippen LogP contribution in [0.3, 0.4) is 0 Å². The number of hydrogen-bond acceptors (Lipinski definition) is 0. The molecule has 0 aliphatic heterocycles. The molecule has 388 valence electrons. The zero-order chi connectivity index (χ0) is 53.7. The fourth-order valence-corrected chi connectivity index (χ4v) is 10.2. The maximum absolute atomic E-state index is 2.35. The maximum Gasteiger partial charge on any atom is 0.0713 e. The van der Waals surface area contributed by atoms with E-state index in [1.807, 2.05) is 46.8 Å². The molecule has 0 fully saturated rings. The molecule has 76 heavy (non-hydrogen) atoms. The van der Waals surface area contributed by atoms with E-state index < -0.39 is 0 Å². The average Bonchev–Trinajstić information content (AvgIpc) is 3.84. The van der Waals surface area contributed by atoms with Gasteiger partial charge >= 0.3 is 0 Å². The van der Waals surface area contributed by atoms with Crippen LogP contribution in [0.4, 0.5) is 0 Å². The van der Waals surface area contributed by atoms with E-state index in [0.29, 0.717) is 5.92 Å². The summed E-state index contributed by atoms with van der Waals surface area (Å²) in [6.45, 7) is 25.3. The van der Waals surface area contributed by atoms with Crippen molar-refractivity contribution in [1.82, 2.24) is 0 Å². The summed E-state index contributed by atoms with van der Waals surface area (Å²) in [6.07, 6.45) is 20.6. The summed E-state index contributed by atoms with van der Waals surface area (Å²) in [4.78, 5) is 0. The topological polar surface area (TPSA) is 0 Å². The summed E-state index contributed by atoms with van der Waals surface area (Å²) in [5.74, 6) is 0.660. The molecule has 2 aliphatic carbocycles. The van der Waals surface area contributed by atoms with Crippen molar-refractivity contribution >= 4 is 0 Å². The van der Waals surface area contributed by atoms with Crippen molar-refractivity contribution in [2.75, 3.05) is 0 Å². The van der Waals surface area contributed by atoms with Gasteiger partial charge in [-0.25, -0.2) is 0 Å². The molecule has 10 rings (SSSR count). The van der Waals surface area contributed by atoms with Gasteiger partial charge in [-0.05, 0) is 161 Å². The van der Waals surface area contributed by atoms with Gasteiger partial charge in [0.05, 0.1) is 5.41 Å². The first-order valence-electron chi connectivity index (χ1n) is 27.3. The van der Waals surface area contributed by atoms with Crippen LogP contribution in [0.2, 0.25) is 0 Å². The second kappa shape index (κ2) is 29.3. The Morgan fingerprint density at radius 3 is 1.62 bits per heavy atom. The molecule has 2 aliphatic rings. The quantitative estimate of drug-likeness (QED) is 0.126. The van der Waals surface area contributed by atoms with Crippen molar-refractivity contribution in [3.05, 3.63) is 310 Å². The lowest BCUT2D eigenvalue weighted by molar-refractivity contribution is 0.730. The Balaban J connectivity index is 0.000000207. The Morgan fingerprint density at radius 1 is 0.474 bits per heavy atom. The molecule has 1 unspecified atom stereocenters. The predicted octanol–water partition coefficient (Wildman–Crippen LogP) is 22.2. The molecule has 0 radical (unpaired) electrons. The van der Waals surface area contributed by atoms with Gasteiger partial charge in [-0.3, -0.25) is 0 Å². The molecule has 0 aromatic heterocycles. The lowest BCUT2D eigenvalue weighted by Gasteiger charge is -2.33. The third kappa shape index (κ3) is 14.1. The fraction of sp³-hybridized carbons (Fsp3) is 0.211. The van der Waals surface area contributed by atoms with Crippen molar-refractivity contribution in [2.24, 2.45) is 5.92 Å². The Kier molecular flexibility index (Phi) is 22.8. The van der Waals surface area contributed by atoms with E-state index in [2.05, 4.69) is 285 Å². The van der Waals surface area contributed by atoms with Crippen LogP contribution >= 0.6 is 0 Å². The normalized spacial score (nSPS) is 13.9. The zero-order valence-electron chi connectivity index (χ0n) is 47.0. The molecule has 0 amide bonds. The van der Waals surface area contributed by atoms with Gasteiger partial charge < -0.3 is 0 Å². The SMILES string of the molecule is C.CC.CC.C\C=C/C=C\C(C)=C\C=C(/C)C1=CC(C)CC=C1.Cc1ccc2c(c1)-c1ccccc1C2(c1ccccc1)c1ccccc1.Cc1ccccc1-c1cccc(-c2ccc(-c3ccccc3C)c(C)c2)c1. The second-order valence-corrected chi connectivity index (χ2v) is 19.2. The van der Waals surface area contributed by atoms with E-state index in [1.165, 1.54) is 106 Å². The first-order chi connectivity index (χ1) is 36.6. The summed E-state index contributed by atoms with van der Waals surface area (Å²) in [7, 11) is 0. The molecule has 0 spiro atoms. The highest BCUT2D eigenvalue weighted by molar-refractivity contribution is 5.86. The van der Waals surface area contributed by atoms with Crippen molar-refractivity contribution < 1.29 is 0 Å². The molecule has 0 N–H and O–H groups in total. The Labute approximate surface area is 460 Å². The highest BCUT2D eigenvalue weighted by Gasteiger charge is 2.45. The maximum atomic E-state index is 2.35. The molecular formula is C76H84. The van der Waals surface area contributed by atoms with E-state index in [0.717, 1.165) is 6.42 Å². The number of allylic oxidation sites excluding steroid dienone is 12. The van der Waals surface area contributed by atoms with E-state index >= 15 is 0 Å². The zero-order valence-corrected chi connectivity index (χ0v) is 47.0. The first kappa shape index (κ1) is 59.1. The molecule has 1 atom stereocenters. The van der Waals surface area contributed by atoms with Gasteiger partial charge in [-0.2, -0.15) is 0 Å². The molecule has 0 saturated carbocycles. The molecule has 0 heteroatoms. The van der Waals surface area contributed by atoms with Crippen molar-refractivity contribution in [3.8, 4) is 44.5 Å². The smallest absolute Gasteiger partial charge is 0.0713 e. The van der Waals surface area contributed by atoms with Crippen LogP contribution in [0.25, 0.3) is 44.5 Å². The van der Waals surface area contributed by atoms with Gasteiger partial charge in [0, 0.05) is 0 Å². The van der Waals surface area contributed by atoms with Crippen LogP contribution in [0, 0.1) is 33.6 Å². The van der Waals surface area contributed by atoms with E-state index in [1.54, 1.807) is 0 Å². The lowest BCUT2D eigenvalue weighted by atomic mass is 9.68. The van der Waals surface area contributed by atoms with Gasteiger partial charge in [0.15, 0.2) is 0 Å². The van der Waals surface area contributed by atoms with Crippen molar-refractivity contribution in [1.29, 1.82) is 0 Å². The third-order valence-electron chi connectivity index (χ3n) is 13.9. The Bertz CT molecular complexity index is 3250. The average molecular weight is 998 g/mol. The Hall–Kier alpha value is -7.80. The third-order valence-corrected chi connectivity index (χ3v) is 13.9. The van der Waals surface area contributed by atoms with Gasteiger partial charge in [-0.1, -0.05) is 296 Å². The minimum atomic E-state index is -0.262. The highest BCUT2D eigenvalue weighted by atomic mass is 14.5. The molecule has 0 heterocycles. The van der Waals surface area contributed by atoms with Crippen LogP contribution in [-0.4, -0.2) is 0 Å². The largest absolute Gasteiger partial charge is 0.0877 e. The number of benzene rings is 8. The van der Waals surface area contributed by atoms with Crippen LogP contribution in [0.1, 0.15) is 114 Å². The van der Waals surface area contributed by atoms with Gasteiger partial charge in [0.1, 0.15) is 0 Å². The summed E-state index contributed by atoms with van der Waals surface area (Å²) >= 11 is 0. The number of aryl methyl sites for hydroxylation is 4. The molecule has 0 saturated heterocycles. The van der Waals surface area contributed by atoms with Crippen molar-refractivity contribution in [3.63, 3.8) is 0 Å². The number of fused-ring (bicyclic) bond motifs is 3. The van der Waals surface area contributed by atoms with E-state index in [4.69, 9.17) is 0 Å². The number of hydrogen-bond donors (Lipinski definition) is 0. The van der Waals surface area contributed by atoms with E-state index in [-0.39, 0.29) is 12.8 Å². The minimum Gasteiger partial charge on any atom is -0.0877 e. The lowest BCUT2D eigenvalue weighted by Crippen LogP contribution is -2.28. The molecule has 8 aromatic rings. The monoisotopic (exact) mass is 997 g/mol. The van der Waals surface area contributed by atoms with Gasteiger partial charge in [0.2, 0.25) is 0 Å². The van der Waals surface area contributed by atoms with Crippen LogP contribution in [0.15, 0.2) is 266 Å². The second-order valence-electron chi connectivity index (χ2n) is 19.2. The summed E-state index contributed by atoms with van der Waals surface area (Å²) in [5.41, 5.74) is 24.7. The first-order valence-corrected chi connectivity index (χ1v) is 27.3. The molecule has 0 nitrogen and oxygen atoms in total. The van der Waals surface area contributed by atoms with Gasteiger partial charge in [-0.15, -0.1) is 0 Å². The van der Waals surface area contributed by atoms with Crippen molar-refractivity contribution in [2.45, 2.75) is 102 Å². The summed E-state index contributed by atoms with van der Waals surface area (Å²) < 4.78 is 0. The predicted molar refractivity (Wildman–Crippen MR) is 337 cm³/mol. The number of rotatable bonds is 9. The van der Waals surface area contributed by atoms with Crippen LogP contribution in [0.5, 0.6) is 0 Å². The van der Waals surface area contributed by atoms with Crippen LogP contribution in [-0.2, 0) is 5.41 Å². The van der Waals surface area contributed by atoms with Crippen LogP contribution < -0.4 is 0 Å². The van der Waals surface area contributed by atoms with Gasteiger partial charge in [0.25, 0.3) is 0 Å².